The van der Waals surface area contributed by atoms with E-state index in [1.54, 1.807) is 7.11 Å². The summed E-state index contributed by atoms with van der Waals surface area (Å²) in [7, 11) is 1.64. The van der Waals surface area contributed by atoms with E-state index in [1.165, 1.54) is 0 Å². The van der Waals surface area contributed by atoms with E-state index in [0.29, 0.717) is 11.7 Å². The second-order valence-corrected chi connectivity index (χ2v) is 8.70. The molecule has 1 aromatic carbocycles. The van der Waals surface area contributed by atoms with Crippen molar-refractivity contribution in [1.82, 2.24) is 0 Å². The maximum absolute atomic E-state index is 13.0. The molecule has 134 valence electrons. The van der Waals surface area contributed by atoms with Crippen molar-refractivity contribution in [1.29, 1.82) is 0 Å². The number of hydrogen-bond donors (Lipinski definition) is 0. The highest BCUT2D eigenvalue weighted by Crippen LogP contribution is 2.42. The zero-order valence-electron chi connectivity index (χ0n) is 15.5. The van der Waals surface area contributed by atoms with E-state index in [0.717, 1.165) is 35.0 Å². The third-order valence-corrected chi connectivity index (χ3v) is 4.48. The highest BCUT2D eigenvalue weighted by molar-refractivity contribution is 9.10. The fraction of sp³-hybridized carbons (Fsp3) is 0.632. The van der Waals surface area contributed by atoms with Crippen molar-refractivity contribution in [3.63, 3.8) is 0 Å². The van der Waals surface area contributed by atoms with Crippen molar-refractivity contribution < 1.29 is 14.3 Å². The monoisotopic (exact) mass is 397 g/mol. The van der Waals surface area contributed by atoms with Gasteiger partial charge in [0.2, 0.25) is 0 Å². The molecule has 0 fully saturated rings. The normalized spacial score (nSPS) is 17.7. The molecule has 4 nitrogen and oxygen atoms in total. The zero-order chi connectivity index (χ0) is 18.1. The Morgan fingerprint density at radius 3 is 2.58 bits per heavy atom. The minimum absolute atomic E-state index is 0.127. The van der Waals surface area contributed by atoms with Gasteiger partial charge in [-0.15, -0.1) is 0 Å². The number of aryl methyl sites for hydroxylation is 1. The van der Waals surface area contributed by atoms with Gasteiger partial charge in [0, 0.05) is 10.5 Å². The van der Waals surface area contributed by atoms with Crippen LogP contribution in [0, 0.1) is 5.92 Å². The van der Waals surface area contributed by atoms with Gasteiger partial charge in [-0.1, -0.05) is 29.8 Å². The summed E-state index contributed by atoms with van der Waals surface area (Å²) in [4.78, 5) is 14.8. The lowest BCUT2D eigenvalue weighted by molar-refractivity contribution is 0.0555. The summed E-state index contributed by atoms with van der Waals surface area (Å²) in [5.74, 6) is 1.21. The topological polar surface area (TPSA) is 38.8 Å². The van der Waals surface area contributed by atoms with Crippen molar-refractivity contribution in [2.45, 2.75) is 65.5 Å². The largest absolute Gasteiger partial charge is 0.495 e. The lowest BCUT2D eigenvalue weighted by Gasteiger charge is -2.39. The summed E-state index contributed by atoms with van der Waals surface area (Å²) in [6, 6.07) is 4.11. The van der Waals surface area contributed by atoms with Crippen LogP contribution in [-0.4, -0.2) is 24.8 Å². The number of nitrogens with zero attached hydrogens (tertiary/aromatic N) is 1. The second kappa shape index (κ2) is 7.34. The molecule has 1 aliphatic heterocycles. The Morgan fingerprint density at radius 1 is 1.38 bits per heavy atom. The summed E-state index contributed by atoms with van der Waals surface area (Å²) >= 11 is 3.53. The average Bonchev–Trinajstić information content (AvgIpc) is 2.43. The number of fused-ring (bicyclic) bond motifs is 1. The minimum Gasteiger partial charge on any atom is -0.495 e. The first-order chi connectivity index (χ1) is 11.1. The van der Waals surface area contributed by atoms with Crippen molar-refractivity contribution >= 4 is 27.7 Å². The maximum Gasteiger partial charge on any atom is 0.415 e. The number of hydrogen-bond acceptors (Lipinski definition) is 3. The Labute approximate surface area is 153 Å². The lowest BCUT2D eigenvalue weighted by Crippen LogP contribution is -2.47. The smallest absolute Gasteiger partial charge is 0.415 e. The van der Waals surface area contributed by atoms with E-state index in [-0.39, 0.29) is 12.1 Å². The van der Waals surface area contributed by atoms with E-state index in [9.17, 15) is 4.79 Å². The van der Waals surface area contributed by atoms with Gasteiger partial charge in [-0.25, -0.2) is 4.79 Å². The molecular formula is C19H28BrNO3. The first-order valence-electron chi connectivity index (χ1n) is 8.51. The first-order valence-corrected chi connectivity index (χ1v) is 9.30. The molecule has 1 amide bonds. The Balaban J connectivity index is 2.50. The van der Waals surface area contributed by atoms with Crippen LogP contribution in [-0.2, 0) is 11.2 Å². The average molecular weight is 398 g/mol. The first kappa shape index (κ1) is 19.1. The van der Waals surface area contributed by atoms with Crippen LogP contribution in [0.2, 0.25) is 0 Å². The van der Waals surface area contributed by atoms with Gasteiger partial charge in [0.1, 0.15) is 11.4 Å². The van der Waals surface area contributed by atoms with Crippen molar-refractivity contribution in [2.75, 3.05) is 12.0 Å². The number of anilines is 1. The fourth-order valence-corrected chi connectivity index (χ4v) is 3.68. The van der Waals surface area contributed by atoms with Crippen LogP contribution in [0.5, 0.6) is 5.75 Å². The van der Waals surface area contributed by atoms with Gasteiger partial charge in [-0.2, -0.15) is 0 Å². The van der Waals surface area contributed by atoms with Gasteiger partial charge < -0.3 is 9.47 Å². The summed E-state index contributed by atoms with van der Waals surface area (Å²) in [6.07, 6.45) is 2.51. The van der Waals surface area contributed by atoms with Crippen LogP contribution in [0.3, 0.4) is 0 Å². The number of carbonyl (C=O) groups excluding carboxylic acids is 1. The van der Waals surface area contributed by atoms with Crippen LogP contribution >= 0.6 is 15.9 Å². The Hall–Kier alpha value is -1.23. The maximum atomic E-state index is 13.0. The molecular weight excluding hydrogens is 370 g/mol. The molecule has 0 aliphatic carbocycles. The number of amides is 1. The third-order valence-electron chi connectivity index (χ3n) is 4.03. The molecule has 0 saturated carbocycles. The predicted molar refractivity (Wildman–Crippen MR) is 101 cm³/mol. The number of benzene rings is 1. The Bertz CT molecular complexity index is 590. The molecule has 24 heavy (non-hydrogen) atoms. The van der Waals surface area contributed by atoms with Gasteiger partial charge >= 0.3 is 6.09 Å². The molecule has 0 spiro atoms. The number of methoxy groups -OCH3 is 1. The number of halogens is 1. The van der Waals surface area contributed by atoms with E-state index in [2.05, 4.69) is 35.8 Å². The van der Waals surface area contributed by atoms with Crippen LogP contribution in [0.4, 0.5) is 10.5 Å². The quantitative estimate of drug-likeness (QED) is 0.669. The van der Waals surface area contributed by atoms with Gasteiger partial charge in [-0.05, 0) is 63.6 Å². The molecule has 0 radical (unpaired) electrons. The zero-order valence-corrected chi connectivity index (χ0v) is 17.1. The van der Waals surface area contributed by atoms with Crippen molar-refractivity contribution in [3.8, 4) is 5.75 Å². The molecule has 1 atom stereocenters. The number of ether oxygens (including phenoxy) is 2. The molecule has 5 heteroatoms. The highest BCUT2D eigenvalue weighted by Gasteiger charge is 2.36. The van der Waals surface area contributed by atoms with Crippen molar-refractivity contribution in [3.05, 3.63) is 22.2 Å². The van der Waals surface area contributed by atoms with Gasteiger partial charge in [0.15, 0.2) is 0 Å². The van der Waals surface area contributed by atoms with Crippen LogP contribution < -0.4 is 9.64 Å². The summed E-state index contributed by atoms with van der Waals surface area (Å²) in [5, 5.41) is 0. The minimum atomic E-state index is -0.528. The van der Waals surface area contributed by atoms with E-state index in [4.69, 9.17) is 9.47 Å². The standard InChI is InChI=1S/C19H28BrNO3/c1-12(2)9-15-8-7-13-10-14(20)11-16(23-6)17(13)21(15)18(22)24-19(3,4)5/h10-12,15H,7-9H2,1-6H3. The van der Waals surface area contributed by atoms with Gasteiger partial charge in [0.05, 0.1) is 12.8 Å². The van der Waals surface area contributed by atoms with E-state index in [1.807, 2.05) is 31.7 Å². The Kier molecular flexibility index (Phi) is 5.84. The summed E-state index contributed by atoms with van der Waals surface area (Å²) < 4.78 is 12.2. The number of rotatable bonds is 3. The second-order valence-electron chi connectivity index (χ2n) is 7.79. The SMILES string of the molecule is COc1cc(Br)cc2c1N(C(=O)OC(C)(C)C)C(CC(C)C)CC2. The molecule has 1 aromatic rings. The molecule has 0 N–H and O–H groups in total. The molecule has 0 saturated heterocycles. The summed E-state index contributed by atoms with van der Waals surface area (Å²) in [5.41, 5.74) is 1.44. The highest BCUT2D eigenvalue weighted by atomic mass is 79.9. The number of carbonyl (C=O) groups is 1. The molecule has 1 heterocycles. The van der Waals surface area contributed by atoms with Gasteiger partial charge in [-0.3, -0.25) is 4.90 Å². The van der Waals surface area contributed by atoms with Crippen molar-refractivity contribution in [2.24, 2.45) is 5.92 Å². The van der Waals surface area contributed by atoms with Crippen LogP contribution in [0.1, 0.15) is 53.0 Å². The van der Waals surface area contributed by atoms with Crippen LogP contribution in [0.15, 0.2) is 16.6 Å². The van der Waals surface area contributed by atoms with Gasteiger partial charge in [0.25, 0.3) is 0 Å². The van der Waals surface area contributed by atoms with Crippen LogP contribution in [0.25, 0.3) is 0 Å². The molecule has 0 bridgehead atoms. The fourth-order valence-electron chi connectivity index (χ4n) is 3.20. The molecule has 1 aliphatic rings. The summed E-state index contributed by atoms with van der Waals surface area (Å²) in [6.45, 7) is 10.0. The van der Waals surface area contributed by atoms with E-state index < -0.39 is 5.60 Å². The Morgan fingerprint density at radius 2 is 2.04 bits per heavy atom. The molecule has 2 rings (SSSR count). The lowest BCUT2D eigenvalue weighted by atomic mass is 9.90. The molecule has 1 unspecified atom stereocenters. The van der Waals surface area contributed by atoms with E-state index >= 15 is 0 Å². The third kappa shape index (κ3) is 4.44. The molecule has 0 aromatic heterocycles. The predicted octanol–water partition coefficient (Wildman–Crippen LogP) is 5.56.